The molecule has 0 aromatic carbocycles. The zero-order valence-corrected chi connectivity index (χ0v) is 11.9. The summed E-state index contributed by atoms with van der Waals surface area (Å²) >= 11 is 0. The predicted molar refractivity (Wildman–Crippen MR) is 69.9 cm³/mol. The molecule has 0 radical (unpaired) electrons. The van der Waals surface area contributed by atoms with E-state index in [-0.39, 0.29) is 12.4 Å². The van der Waals surface area contributed by atoms with Gasteiger partial charge in [0.25, 0.3) is 0 Å². The summed E-state index contributed by atoms with van der Waals surface area (Å²) in [5, 5.41) is 0. The summed E-state index contributed by atoms with van der Waals surface area (Å²) in [5.74, 6) is 0. The van der Waals surface area contributed by atoms with Crippen LogP contribution in [-0.4, -0.2) is 47.1 Å². The molecule has 0 aromatic heterocycles. The fourth-order valence-electron chi connectivity index (χ4n) is 2.05. The van der Waals surface area contributed by atoms with Gasteiger partial charge in [0.1, 0.15) is 0 Å². The van der Waals surface area contributed by atoms with Gasteiger partial charge in [-0.05, 0) is 41.5 Å². The van der Waals surface area contributed by atoms with Crippen molar-refractivity contribution < 1.29 is 0 Å². The second kappa shape index (κ2) is 5.03. The Morgan fingerprint density at radius 2 is 0.800 bits per heavy atom. The summed E-state index contributed by atoms with van der Waals surface area (Å²) in [4.78, 5) is 5.16. The van der Waals surface area contributed by atoms with Gasteiger partial charge in [-0.1, -0.05) is 0 Å². The molecule has 0 spiro atoms. The number of halogens is 1. The third kappa shape index (κ3) is 4.29. The lowest BCUT2D eigenvalue weighted by Crippen LogP contribution is -2.57. The molecule has 1 aliphatic heterocycles. The van der Waals surface area contributed by atoms with Gasteiger partial charge in [0, 0.05) is 37.3 Å². The second-order valence-corrected chi connectivity index (χ2v) is 6.32. The minimum Gasteiger partial charge on any atom is -0.296 e. The summed E-state index contributed by atoms with van der Waals surface area (Å²) in [6.07, 6.45) is 0. The molecule has 92 valence electrons. The van der Waals surface area contributed by atoms with E-state index in [0.717, 1.165) is 0 Å². The molecule has 15 heavy (non-hydrogen) atoms. The first kappa shape index (κ1) is 15.2. The Labute approximate surface area is 101 Å². The van der Waals surface area contributed by atoms with E-state index < -0.39 is 0 Å². The fourth-order valence-corrected chi connectivity index (χ4v) is 2.05. The number of hydrogen-bond acceptors (Lipinski definition) is 2. The van der Waals surface area contributed by atoms with Crippen LogP contribution in [0, 0.1) is 0 Å². The van der Waals surface area contributed by atoms with Crippen molar-refractivity contribution in [2.75, 3.05) is 26.2 Å². The first-order valence-electron chi connectivity index (χ1n) is 5.71. The van der Waals surface area contributed by atoms with E-state index in [9.17, 15) is 0 Å². The average molecular weight is 235 g/mol. The minimum atomic E-state index is 0. The first-order valence-corrected chi connectivity index (χ1v) is 5.71. The van der Waals surface area contributed by atoms with Crippen LogP contribution >= 0.6 is 12.4 Å². The summed E-state index contributed by atoms with van der Waals surface area (Å²) in [5.41, 5.74) is 0.675. The molecule has 1 rings (SSSR count). The van der Waals surface area contributed by atoms with Crippen LogP contribution in [0.5, 0.6) is 0 Å². The zero-order chi connectivity index (χ0) is 11.0. The van der Waals surface area contributed by atoms with Gasteiger partial charge in [0.15, 0.2) is 0 Å². The largest absolute Gasteiger partial charge is 0.296 e. The molecule has 0 aliphatic carbocycles. The van der Waals surface area contributed by atoms with Crippen LogP contribution in [0.3, 0.4) is 0 Å². The molecule has 1 saturated heterocycles. The Hall–Kier alpha value is 0.210. The van der Waals surface area contributed by atoms with Crippen LogP contribution in [0.1, 0.15) is 41.5 Å². The quantitative estimate of drug-likeness (QED) is 0.636. The molecule has 0 aromatic rings. The summed E-state index contributed by atoms with van der Waals surface area (Å²) in [6, 6.07) is 0. The highest BCUT2D eigenvalue weighted by atomic mass is 35.5. The lowest BCUT2D eigenvalue weighted by Gasteiger charge is -2.46. The molecule has 0 unspecified atom stereocenters. The lowest BCUT2D eigenvalue weighted by atomic mass is 10.0. The lowest BCUT2D eigenvalue weighted by molar-refractivity contribution is 0.0211. The molecular formula is C12H27ClN2. The minimum absolute atomic E-state index is 0. The van der Waals surface area contributed by atoms with E-state index in [1.54, 1.807) is 0 Å². The van der Waals surface area contributed by atoms with Crippen molar-refractivity contribution in [3.05, 3.63) is 0 Å². The highest BCUT2D eigenvalue weighted by Gasteiger charge is 2.30. The molecule has 2 nitrogen and oxygen atoms in total. The third-order valence-electron chi connectivity index (χ3n) is 3.18. The summed E-state index contributed by atoms with van der Waals surface area (Å²) in [6.45, 7) is 18.7. The van der Waals surface area contributed by atoms with Crippen molar-refractivity contribution in [1.82, 2.24) is 9.80 Å². The molecule has 0 amide bonds. The van der Waals surface area contributed by atoms with E-state index >= 15 is 0 Å². The van der Waals surface area contributed by atoms with Crippen LogP contribution in [0.15, 0.2) is 0 Å². The topological polar surface area (TPSA) is 6.48 Å². The van der Waals surface area contributed by atoms with Crippen LogP contribution in [0.2, 0.25) is 0 Å². The molecule has 1 aliphatic rings. The van der Waals surface area contributed by atoms with E-state index in [0.29, 0.717) is 11.1 Å². The standard InChI is InChI=1S/C12H26N2.ClH/c1-11(2,3)13-7-9-14(10-8-13)12(4,5)6;/h7-10H2,1-6H3;1H. The van der Waals surface area contributed by atoms with E-state index in [4.69, 9.17) is 0 Å². The maximum absolute atomic E-state index is 2.58. The van der Waals surface area contributed by atoms with Gasteiger partial charge in [-0.15, -0.1) is 12.4 Å². The van der Waals surface area contributed by atoms with E-state index in [2.05, 4.69) is 51.3 Å². The fraction of sp³-hybridized carbons (Fsp3) is 1.00. The Balaban J connectivity index is 0.00000196. The molecule has 0 saturated carbocycles. The van der Waals surface area contributed by atoms with Gasteiger partial charge in [-0.25, -0.2) is 0 Å². The third-order valence-corrected chi connectivity index (χ3v) is 3.18. The van der Waals surface area contributed by atoms with Crippen molar-refractivity contribution in [1.29, 1.82) is 0 Å². The number of rotatable bonds is 0. The van der Waals surface area contributed by atoms with Crippen LogP contribution < -0.4 is 0 Å². The molecule has 0 atom stereocenters. The summed E-state index contributed by atoms with van der Waals surface area (Å²) in [7, 11) is 0. The van der Waals surface area contributed by atoms with Gasteiger partial charge in [-0.3, -0.25) is 9.80 Å². The number of nitrogens with zero attached hydrogens (tertiary/aromatic N) is 2. The SMILES string of the molecule is CC(C)(C)N1CCN(C(C)(C)C)CC1.Cl. The Morgan fingerprint density at radius 1 is 0.600 bits per heavy atom. The monoisotopic (exact) mass is 234 g/mol. The molecule has 0 bridgehead atoms. The van der Waals surface area contributed by atoms with Crippen molar-refractivity contribution in [3.8, 4) is 0 Å². The normalized spacial score (nSPS) is 21.2. The average Bonchev–Trinajstić information content (AvgIpc) is 2.01. The second-order valence-electron chi connectivity index (χ2n) is 6.32. The maximum Gasteiger partial charge on any atom is 0.0126 e. The predicted octanol–water partition coefficient (Wildman–Crippen LogP) is 2.62. The molecule has 3 heteroatoms. The highest BCUT2D eigenvalue weighted by molar-refractivity contribution is 5.85. The molecule has 1 heterocycles. The highest BCUT2D eigenvalue weighted by Crippen LogP contribution is 2.20. The van der Waals surface area contributed by atoms with Crippen LogP contribution in [0.4, 0.5) is 0 Å². The van der Waals surface area contributed by atoms with Gasteiger partial charge in [0.2, 0.25) is 0 Å². The van der Waals surface area contributed by atoms with Crippen molar-refractivity contribution in [2.24, 2.45) is 0 Å². The van der Waals surface area contributed by atoms with Gasteiger partial charge in [-0.2, -0.15) is 0 Å². The van der Waals surface area contributed by atoms with Crippen molar-refractivity contribution in [3.63, 3.8) is 0 Å². The van der Waals surface area contributed by atoms with Gasteiger partial charge < -0.3 is 0 Å². The number of piperazine rings is 1. The molecule has 1 fully saturated rings. The maximum atomic E-state index is 2.58. The molecule has 0 N–H and O–H groups in total. The molecular weight excluding hydrogens is 208 g/mol. The Bertz CT molecular complexity index is 161. The van der Waals surface area contributed by atoms with Gasteiger partial charge in [0.05, 0.1) is 0 Å². The number of hydrogen-bond donors (Lipinski definition) is 0. The smallest absolute Gasteiger partial charge is 0.0126 e. The van der Waals surface area contributed by atoms with E-state index in [1.807, 2.05) is 0 Å². The Kier molecular flexibility index (Phi) is 5.10. The summed E-state index contributed by atoms with van der Waals surface area (Å²) < 4.78 is 0. The van der Waals surface area contributed by atoms with Crippen molar-refractivity contribution >= 4 is 12.4 Å². The van der Waals surface area contributed by atoms with Crippen LogP contribution in [-0.2, 0) is 0 Å². The van der Waals surface area contributed by atoms with Gasteiger partial charge >= 0.3 is 0 Å². The Morgan fingerprint density at radius 3 is 0.933 bits per heavy atom. The van der Waals surface area contributed by atoms with Crippen LogP contribution in [0.25, 0.3) is 0 Å². The van der Waals surface area contributed by atoms with Crippen molar-refractivity contribution in [2.45, 2.75) is 52.6 Å². The van der Waals surface area contributed by atoms with E-state index in [1.165, 1.54) is 26.2 Å². The zero-order valence-electron chi connectivity index (χ0n) is 11.1. The first-order chi connectivity index (χ1) is 6.21.